The first-order valence-electron chi connectivity index (χ1n) is 0.612. The summed E-state index contributed by atoms with van der Waals surface area (Å²) in [5.74, 6) is 0. The fourth-order valence-electron chi connectivity index (χ4n) is 0. The molecule has 0 fully saturated rings. The number of carbonyl (C=O) groups excluding carboxylic acids is 1. The predicted octanol–water partition coefficient (Wildman–Crippen LogP) is -2.45. The molecule has 0 aromatic heterocycles. The van der Waals surface area contributed by atoms with Crippen LogP contribution in [0.25, 0.3) is 0 Å². The second-order valence-corrected chi connectivity index (χ2v) is 0.250. The molecule has 0 unspecified atom stereocenters. The van der Waals surface area contributed by atoms with Crippen LogP contribution in [-0.2, 0) is 0 Å². The van der Waals surface area contributed by atoms with E-state index >= 15 is 0 Å². The van der Waals surface area contributed by atoms with Crippen molar-refractivity contribution in [3.05, 3.63) is 0 Å². The van der Waals surface area contributed by atoms with E-state index in [0.29, 0.717) is 0 Å². The van der Waals surface area contributed by atoms with Crippen molar-refractivity contribution in [3.8, 4) is 0 Å². The van der Waals surface area contributed by atoms with Crippen LogP contribution in [0.4, 0.5) is 4.79 Å². The van der Waals surface area contributed by atoms with Crippen molar-refractivity contribution in [2.75, 3.05) is 0 Å². The van der Waals surface area contributed by atoms with Gasteiger partial charge >= 0.3 is 40.4 Å². The molecule has 0 aromatic carbocycles. The molecule has 3 nitrogen and oxygen atoms in total. The van der Waals surface area contributed by atoms with Gasteiger partial charge in [0.1, 0.15) is 0 Å². The smallest absolute Gasteiger partial charge is 0.652 e. The van der Waals surface area contributed by atoms with Gasteiger partial charge in [0, 0.05) is 0 Å². The van der Waals surface area contributed by atoms with Crippen molar-refractivity contribution in [1.29, 1.82) is 0 Å². The summed E-state index contributed by atoms with van der Waals surface area (Å²) in [6.45, 7) is 0. The normalized spacial score (nSPS) is 4.80. The summed E-state index contributed by atoms with van der Waals surface area (Å²) in [6.07, 6.45) is -2.33. The molecule has 0 aromatic rings. The molecule has 0 amide bonds. The van der Waals surface area contributed by atoms with E-state index in [0.717, 1.165) is 0 Å². The molecule has 5 heavy (non-hydrogen) atoms. The molecule has 0 aliphatic heterocycles. The fraction of sp³-hybridized carbons (Fsp3) is 0. The van der Waals surface area contributed by atoms with Crippen LogP contribution < -0.4 is 10.2 Å². The van der Waals surface area contributed by atoms with E-state index in [2.05, 4.69) is 0 Å². The van der Waals surface area contributed by atoms with Crippen LogP contribution in [-0.4, -0.2) is 6.16 Å². The Morgan fingerprint density at radius 2 is 1.40 bits per heavy atom. The van der Waals surface area contributed by atoms with E-state index in [4.69, 9.17) is 15.0 Å². The molecule has 0 bridgehead atoms. The van der Waals surface area contributed by atoms with Gasteiger partial charge < -0.3 is 15.0 Å². The maximum absolute atomic E-state index is 8.33. The Labute approximate surface area is 61.1 Å². The van der Waals surface area contributed by atoms with Crippen molar-refractivity contribution < 1.29 is 55.4 Å². The Balaban J connectivity index is 0. The van der Waals surface area contributed by atoms with Crippen LogP contribution in [0.1, 0.15) is 0 Å². The third kappa shape index (κ3) is 84.9. The van der Waals surface area contributed by atoms with Crippen molar-refractivity contribution >= 4 is 6.16 Å². The first-order chi connectivity index (χ1) is 1.73. The van der Waals surface area contributed by atoms with Crippen molar-refractivity contribution in [2.45, 2.75) is 0 Å². The second kappa shape index (κ2) is 4.61. The Morgan fingerprint density at radius 1 is 1.40 bits per heavy atom. The SMILES string of the molecule is O=C([O-])[O-].[Sm+2]. The molecule has 0 N–H and O–H groups in total. The zero-order valence-electron chi connectivity index (χ0n) is 2.13. The van der Waals surface area contributed by atoms with Gasteiger partial charge in [-0.15, -0.1) is 0 Å². The molecule has 28 valence electrons. The van der Waals surface area contributed by atoms with Gasteiger partial charge in [-0.05, 0) is 6.16 Å². The molecule has 0 spiro atoms. The molecule has 4 heteroatoms. The van der Waals surface area contributed by atoms with Crippen molar-refractivity contribution in [1.82, 2.24) is 0 Å². The maximum atomic E-state index is 8.33. The molecule has 0 atom stereocenters. The van der Waals surface area contributed by atoms with E-state index in [1.54, 1.807) is 0 Å². The number of rotatable bonds is 0. The Morgan fingerprint density at radius 3 is 1.40 bits per heavy atom. The molecular weight excluding hydrogens is 210 g/mol. The predicted molar refractivity (Wildman–Crippen MR) is 5.40 cm³/mol. The Hall–Kier alpha value is 0.608. The van der Waals surface area contributed by atoms with Gasteiger partial charge in [0.25, 0.3) is 0 Å². The van der Waals surface area contributed by atoms with Gasteiger partial charge in [-0.2, -0.15) is 0 Å². The minimum absolute atomic E-state index is 0. The van der Waals surface area contributed by atoms with Crippen LogP contribution in [0.15, 0.2) is 0 Å². The van der Waals surface area contributed by atoms with Crippen LogP contribution in [0.2, 0.25) is 0 Å². The Bertz CT molecular complexity index is 29.9. The molecular formula is CO3Sm. The number of hydrogen-bond donors (Lipinski definition) is 0. The van der Waals surface area contributed by atoms with Crippen LogP contribution in [0.3, 0.4) is 0 Å². The quantitative estimate of drug-likeness (QED) is 0.446. The molecule has 0 saturated heterocycles. The summed E-state index contributed by atoms with van der Waals surface area (Å²) in [5.41, 5.74) is 0. The minimum atomic E-state index is -2.33. The minimum Gasteiger partial charge on any atom is -0.652 e. The Kier molecular flexibility index (Phi) is 8.43. The van der Waals surface area contributed by atoms with E-state index in [1.807, 2.05) is 0 Å². The fourth-order valence-corrected chi connectivity index (χ4v) is 0. The molecule has 0 saturated carbocycles. The first kappa shape index (κ1) is 9.15. The van der Waals surface area contributed by atoms with Gasteiger partial charge in [0.05, 0.1) is 0 Å². The molecule has 0 heterocycles. The van der Waals surface area contributed by atoms with Gasteiger partial charge in [-0.3, -0.25) is 0 Å². The number of hydrogen-bond acceptors (Lipinski definition) is 3. The van der Waals surface area contributed by atoms with Gasteiger partial charge in [-0.25, -0.2) is 0 Å². The van der Waals surface area contributed by atoms with Gasteiger partial charge in [-0.1, -0.05) is 0 Å². The van der Waals surface area contributed by atoms with Crippen molar-refractivity contribution in [3.63, 3.8) is 0 Å². The first-order valence-corrected chi connectivity index (χ1v) is 0.612. The van der Waals surface area contributed by atoms with Crippen LogP contribution in [0.5, 0.6) is 0 Å². The zero-order chi connectivity index (χ0) is 3.58. The van der Waals surface area contributed by atoms with Crippen LogP contribution in [0, 0.1) is 40.4 Å². The summed E-state index contributed by atoms with van der Waals surface area (Å²) in [5, 5.41) is 16.7. The van der Waals surface area contributed by atoms with Crippen molar-refractivity contribution in [2.24, 2.45) is 0 Å². The topological polar surface area (TPSA) is 63.2 Å². The monoisotopic (exact) mass is 212 g/mol. The standard InChI is InChI=1S/CH2O3.Sm/c2-1(3)4;/h(H2,2,3,4);/q;+2/p-2. The molecule has 0 aliphatic carbocycles. The van der Waals surface area contributed by atoms with E-state index in [-0.39, 0.29) is 40.4 Å². The molecule has 0 aliphatic rings. The summed E-state index contributed by atoms with van der Waals surface area (Å²) < 4.78 is 0. The number of carboxylic acid groups (broad SMARTS) is 2. The second-order valence-electron chi connectivity index (χ2n) is 0.250. The summed E-state index contributed by atoms with van der Waals surface area (Å²) in [7, 11) is 0. The average molecular weight is 210 g/mol. The summed E-state index contributed by atoms with van der Waals surface area (Å²) in [4.78, 5) is 8.33. The summed E-state index contributed by atoms with van der Waals surface area (Å²) in [6, 6.07) is 0. The van der Waals surface area contributed by atoms with E-state index < -0.39 is 6.16 Å². The summed E-state index contributed by atoms with van der Waals surface area (Å²) >= 11 is 0. The zero-order valence-corrected chi connectivity index (χ0v) is 4.75. The average Bonchev–Trinajstić information content (AvgIpc) is 0.811. The molecule has 0 radical (unpaired) electrons. The van der Waals surface area contributed by atoms with E-state index in [9.17, 15) is 0 Å². The van der Waals surface area contributed by atoms with E-state index in [1.165, 1.54) is 0 Å². The third-order valence-corrected chi connectivity index (χ3v) is 0. The number of carbonyl (C=O) groups is 1. The maximum Gasteiger partial charge on any atom is 2.00 e. The molecule has 0 rings (SSSR count). The third-order valence-electron chi connectivity index (χ3n) is 0. The van der Waals surface area contributed by atoms with Gasteiger partial charge in [0.15, 0.2) is 0 Å². The van der Waals surface area contributed by atoms with Crippen LogP contribution >= 0.6 is 0 Å². The van der Waals surface area contributed by atoms with Gasteiger partial charge in [0.2, 0.25) is 0 Å². The largest absolute Gasteiger partial charge is 2.00 e.